The highest BCUT2D eigenvalue weighted by Crippen LogP contribution is 2.18. The van der Waals surface area contributed by atoms with Crippen LogP contribution >= 0.6 is 0 Å². The summed E-state index contributed by atoms with van der Waals surface area (Å²) in [6, 6.07) is 5.71. The predicted molar refractivity (Wildman–Crippen MR) is 83.5 cm³/mol. The Morgan fingerprint density at radius 2 is 2.05 bits per heavy atom. The van der Waals surface area contributed by atoms with Gasteiger partial charge < -0.3 is 9.64 Å². The van der Waals surface area contributed by atoms with Crippen LogP contribution in [0.1, 0.15) is 26.3 Å². The van der Waals surface area contributed by atoms with Gasteiger partial charge in [-0.15, -0.1) is 0 Å². The topological polar surface area (TPSA) is 69.5 Å². The van der Waals surface area contributed by atoms with Crippen LogP contribution < -0.4 is 4.90 Å². The quantitative estimate of drug-likeness (QED) is 0.787. The normalized spacial score (nSPS) is 16.2. The first-order valence-corrected chi connectivity index (χ1v) is 7.43. The maximum absolute atomic E-state index is 11.8. The van der Waals surface area contributed by atoms with E-state index in [0.717, 1.165) is 32.0 Å². The minimum Gasteiger partial charge on any atom is -0.459 e. The molecule has 1 aromatic rings. The van der Waals surface area contributed by atoms with Gasteiger partial charge >= 0.3 is 5.97 Å². The molecule has 1 aliphatic heterocycles. The van der Waals surface area contributed by atoms with E-state index in [4.69, 9.17) is 10.00 Å². The Morgan fingerprint density at radius 3 is 2.64 bits per heavy atom. The molecule has 0 bridgehead atoms. The number of aromatic nitrogens is 1. The number of hydrogen-bond donors (Lipinski definition) is 0. The van der Waals surface area contributed by atoms with Gasteiger partial charge in [-0.25, -0.2) is 4.98 Å². The summed E-state index contributed by atoms with van der Waals surface area (Å²) in [5.74, 6) is 0.526. The summed E-state index contributed by atoms with van der Waals surface area (Å²) in [4.78, 5) is 20.3. The Balaban J connectivity index is 1.88. The second kappa shape index (κ2) is 6.75. The molecule has 0 spiro atoms. The highest BCUT2D eigenvalue weighted by Gasteiger charge is 2.23. The maximum atomic E-state index is 11.8. The van der Waals surface area contributed by atoms with Gasteiger partial charge in [0, 0.05) is 32.4 Å². The van der Waals surface area contributed by atoms with Crippen molar-refractivity contribution in [3.05, 3.63) is 23.9 Å². The summed E-state index contributed by atoms with van der Waals surface area (Å²) in [7, 11) is 0. The highest BCUT2D eigenvalue weighted by atomic mass is 16.6. The Bertz CT molecular complexity index is 566. The largest absolute Gasteiger partial charge is 0.459 e. The van der Waals surface area contributed by atoms with E-state index >= 15 is 0 Å². The van der Waals surface area contributed by atoms with Crippen LogP contribution in [0, 0.1) is 11.3 Å². The molecule has 0 aliphatic carbocycles. The fourth-order valence-corrected chi connectivity index (χ4v) is 2.41. The minimum atomic E-state index is -0.450. The van der Waals surface area contributed by atoms with E-state index in [1.165, 1.54) is 0 Å². The number of carbonyl (C=O) groups excluding carboxylic acids is 1. The molecule has 6 nitrogen and oxygen atoms in total. The van der Waals surface area contributed by atoms with Gasteiger partial charge in [-0.1, -0.05) is 0 Å². The van der Waals surface area contributed by atoms with Gasteiger partial charge in [-0.05, 0) is 32.9 Å². The van der Waals surface area contributed by atoms with Gasteiger partial charge in [0.05, 0.1) is 12.1 Å². The molecule has 1 aromatic heterocycles. The van der Waals surface area contributed by atoms with Crippen molar-refractivity contribution in [1.29, 1.82) is 5.26 Å². The van der Waals surface area contributed by atoms with E-state index < -0.39 is 5.60 Å². The summed E-state index contributed by atoms with van der Waals surface area (Å²) >= 11 is 0. The standard InChI is InChI=1S/C16H22N4O2/c1-16(2,3)22-14(21)12-19-7-9-20(10-8-19)15-13(11-17)5-4-6-18-15/h4-6H,7-10,12H2,1-3H3. The highest BCUT2D eigenvalue weighted by molar-refractivity contribution is 5.72. The van der Waals surface area contributed by atoms with Crippen LogP contribution in [0.3, 0.4) is 0 Å². The summed E-state index contributed by atoms with van der Waals surface area (Å²) < 4.78 is 5.34. The lowest BCUT2D eigenvalue weighted by atomic mass is 10.2. The average molecular weight is 302 g/mol. The number of carbonyl (C=O) groups is 1. The predicted octanol–water partition coefficient (Wildman–Crippen LogP) is 1.42. The monoisotopic (exact) mass is 302 g/mol. The number of piperazine rings is 1. The van der Waals surface area contributed by atoms with Gasteiger partial charge in [0.1, 0.15) is 17.5 Å². The molecular weight excluding hydrogens is 280 g/mol. The Hall–Kier alpha value is -2.13. The third kappa shape index (κ3) is 4.43. The first-order chi connectivity index (χ1) is 10.4. The SMILES string of the molecule is CC(C)(C)OC(=O)CN1CCN(c2ncccc2C#N)CC1. The molecule has 22 heavy (non-hydrogen) atoms. The van der Waals surface area contributed by atoms with Gasteiger partial charge in [0.15, 0.2) is 0 Å². The Labute approximate surface area is 131 Å². The van der Waals surface area contributed by atoms with Crippen LogP contribution in [0.5, 0.6) is 0 Å². The molecule has 0 aromatic carbocycles. The number of pyridine rings is 1. The molecule has 2 rings (SSSR count). The van der Waals surface area contributed by atoms with Crippen LogP contribution in [0.4, 0.5) is 5.82 Å². The first-order valence-electron chi connectivity index (χ1n) is 7.43. The van der Waals surface area contributed by atoms with Crippen molar-refractivity contribution in [2.75, 3.05) is 37.6 Å². The van der Waals surface area contributed by atoms with Crippen molar-refractivity contribution in [2.45, 2.75) is 26.4 Å². The number of ether oxygens (including phenoxy) is 1. The number of rotatable bonds is 3. The minimum absolute atomic E-state index is 0.198. The summed E-state index contributed by atoms with van der Waals surface area (Å²) in [5.41, 5.74) is 0.136. The van der Waals surface area contributed by atoms with E-state index in [9.17, 15) is 4.79 Å². The third-order valence-corrected chi connectivity index (χ3v) is 3.35. The van der Waals surface area contributed by atoms with E-state index in [0.29, 0.717) is 12.1 Å². The smallest absolute Gasteiger partial charge is 0.320 e. The van der Waals surface area contributed by atoms with Crippen molar-refractivity contribution >= 4 is 11.8 Å². The third-order valence-electron chi connectivity index (χ3n) is 3.35. The molecule has 1 fully saturated rings. The van der Waals surface area contributed by atoms with Crippen molar-refractivity contribution in [3.8, 4) is 6.07 Å². The van der Waals surface area contributed by atoms with Crippen molar-refractivity contribution < 1.29 is 9.53 Å². The summed E-state index contributed by atoms with van der Waals surface area (Å²) in [6.07, 6.45) is 1.70. The molecule has 0 saturated carbocycles. The molecular formula is C16H22N4O2. The lowest BCUT2D eigenvalue weighted by Gasteiger charge is -2.35. The molecule has 0 unspecified atom stereocenters. The molecule has 1 aliphatic rings. The second-order valence-corrected chi connectivity index (χ2v) is 6.34. The molecule has 6 heteroatoms. The maximum Gasteiger partial charge on any atom is 0.320 e. The van der Waals surface area contributed by atoms with E-state index in [1.807, 2.05) is 20.8 Å². The number of esters is 1. The molecule has 0 atom stereocenters. The zero-order valence-corrected chi connectivity index (χ0v) is 13.4. The first kappa shape index (κ1) is 16.2. The van der Waals surface area contributed by atoms with Crippen LogP contribution in [0.2, 0.25) is 0 Å². The molecule has 118 valence electrons. The van der Waals surface area contributed by atoms with E-state index in [2.05, 4.69) is 20.9 Å². The van der Waals surface area contributed by atoms with Crippen LogP contribution in [-0.2, 0) is 9.53 Å². The zero-order valence-electron chi connectivity index (χ0n) is 13.4. The molecule has 0 radical (unpaired) electrons. The summed E-state index contributed by atoms with van der Waals surface area (Å²) in [6.45, 7) is 8.90. The second-order valence-electron chi connectivity index (χ2n) is 6.34. The number of nitriles is 1. The molecule has 0 amide bonds. The molecule has 2 heterocycles. The van der Waals surface area contributed by atoms with Gasteiger partial charge in [-0.2, -0.15) is 5.26 Å². The Morgan fingerprint density at radius 1 is 1.36 bits per heavy atom. The van der Waals surface area contributed by atoms with Gasteiger partial charge in [-0.3, -0.25) is 9.69 Å². The summed E-state index contributed by atoms with van der Waals surface area (Å²) in [5, 5.41) is 9.14. The number of anilines is 1. The number of hydrogen-bond acceptors (Lipinski definition) is 6. The van der Waals surface area contributed by atoms with Gasteiger partial charge in [0.25, 0.3) is 0 Å². The van der Waals surface area contributed by atoms with Crippen LogP contribution in [0.25, 0.3) is 0 Å². The lowest BCUT2D eigenvalue weighted by Crippen LogP contribution is -2.49. The fourth-order valence-electron chi connectivity index (χ4n) is 2.41. The molecule has 0 N–H and O–H groups in total. The van der Waals surface area contributed by atoms with E-state index in [1.54, 1.807) is 18.3 Å². The zero-order chi connectivity index (χ0) is 16.2. The van der Waals surface area contributed by atoms with Crippen molar-refractivity contribution in [3.63, 3.8) is 0 Å². The van der Waals surface area contributed by atoms with Gasteiger partial charge in [0.2, 0.25) is 0 Å². The van der Waals surface area contributed by atoms with Crippen LogP contribution in [-0.4, -0.2) is 54.2 Å². The average Bonchev–Trinajstić information content (AvgIpc) is 2.46. The Kier molecular flexibility index (Phi) is 4.99. The number of nitrogens with zero attached hydrogens (tertiary/aromatic N) is 4. The fraction of sp³-hybridized carbons (Fsp3) is 0.562. The van der Waals surface area contributed by atoms with Crippen molar-refractivity contribution in [1.82, 2.24) is 9.88 Å². The van der Waals surface area contributed by atoms with Crippen molar-refractivity contribution in [2.24, 2.45) is 0 Å². The molecule has 1 saturated heterocycles. The van der Waals surface area contributed by atoms with Crippen LogP contribution in [0.15, 0.2) is 18.3 Å². The van der Waals surface area contributed by atoms with E-state index in [-0.39, 0.29) is 5.97 Å². The lowest BCUT2D eigenvalue weighted by molar-refractivity contribution is -0.156.